The molecule has 138 valence electrons. The fraction of sp³-hybridized carbons (Fsp3) is 0.444. The zero-order valence-electron chi connectivity index (χ0n) is 14.6. The Labute approximate surface area is 152 Å². The van der Waals surface area contributed by atoms with E-state index in [-0.39, 0.29) is 12.3 Å². The highest BCUT2D eigenvalue weighted by Gasteiger charge is 2.34. The van der Waals surface area contributed by atoms with Crippen LogP contribution in [-0.4, -0.2) is 49.1 Å². The Bertz CT molecular complexity index is 694. The van der Waals surface area contributed by atoms with Gasteiger partial charge in [0.15, 0.2) is 12.4 Å². The molecule has 8 nitrogen and oxygen atoms in total. The van der Waals surface area contributed by atoms with Crippen molar-refractivity contribution in [2.24, 2.45) is 0 Å². The van der Waals surface area contributed by atoms with Crippen LogP contribution in [0.4, 0.5) is 0 Å². The minimum atomic E-state index is -0.0659. The largest absolute Gasteiger partial charge is 0.618 e. The Hall–Kier alpha value is -2.26. The minimum absolute atomic E-state index is 0.0659. The summed E-state index contributed by atoms with van der Waals surface area (Å²) in [6.07, 6.45) is 2.94. The zero-order chi connectivity index (χ0) is 17.9. The number of pyridine rings is 2. The summed E-state index contributed by atoms with van der Waals surface area (Å²) in [5.41, 5.74) is 1.45. The van der Waals surface area contributed by atoms with E-state index in [9.17, 15) is 10.4 Å². The monoisotopic (exact) mass is 356 g/mol. The molecule has 2 saturated heterocycles. The lowest BCUT2D eigenvalue weighted by molar-refractivity contribution is -0.617. The van der Waals surface area contributed by atoms with Crippen LogP contribution in [0.2, 0.25) is 0 Å². The Balaban J connectivity index is 1.43. The lowest BCUT2D eigenvalue weighted by Gasteiger charge is -2.27. The first-order valence-electron chi connectivity index (χ1n) is 9.05. The van der Waals surface area contributed by atoms with Crippen molar-refractivity contribution in [1.82, 2.24) is 20.4 Å². The van der Waals surface area contributed by atoms with Crippen LogP contribution < -0.4 is 20.1 Å². The molecule has 2 unspecified atom stereocenters. The van der Waals surface area contributed by atoms with Gasteiger partial charge in [0.25, 0.3) is 0 Å². The van der Waals surface area contributed by atoms with Crippen molar-refractivity contribution in [2.75, 3.05) is 39.3 Å². The third-order valence-corrected chi connectivity index (χ3v) is 5.15. The van der Waals surface area contributed by atoms with Crippen molar-refractivity contribution in [3.63, 3.8) is 0 Å². The zero-order valence-corrected chi connectivity index (χ0v) is 14.6. The van der Waals surface area contributed by atoms with Crippen LogP contribution in [0.15, 0.2) is 48.8 Å². The van der Waals surface area contributed by atoms with E-state index in [4.69, 9.17) is 0 Å². The van der Waals surface area contributed by atoms with Gasteiger partial charge in [0.05, 0.1) is 0 Å². The molecule has 2 aliphatic rings. The highest BCUT2D eigenvalue weighted by molar-refractivity contribution is 5.06. The first-order valence-corrected chi connectivity index (χ1v) is 9.05. The normalized spacial score (nSPS) is 24.3. The van der Waals surface area contributed by atoms with Gasteiger partial charge in [0, 0.05) is 63.5 Å². The summed E-state index contributed by atoms with van der Waals surface area (Å²) in [5.74, 6) is 0. The number of hydrogen-bond donors (Lipinski definition) is 2. The highest BCUT2D eigenvalue weighted by atomic mass is 16.5. The standard InChI is InChI=1S/C18H24N6O2/c25-23-9-3-1-5-15(23)17-19-7-11-21(17)13-14-22-12-8-20-18(22)16-6-2-4-10-24(16)26/h1-6,9-10,17-20H,7-8,11-14H2. The molecule has 0 amide bonds. The van der Waals surface area contributed by atoms with Gasteiger partial charge in [-0.3, -0.25) is 20.4 Å². The maximum atomic E-state index is 12.1. The second-order valence-corrected chi connectivity index (χ2v) is 6.69. The number of nitrogens with zero attached hydrogens (tertiary/aromatic N) is 4. The Morgan fingerprint density at radius 1 is 0.808 bits per heavy atom. The SMILES string of the molecule is [O-][n+]1ccccc1C1NCCN1CCN1CCNC1c1cccc[n+]1[O-]. The van der Waals surface area contributed by atoms with Crippen LogP contribution in [0.25, 0.3) is 0 Å². The third-order valence-electron chi connectivity index (χ3n) is 5.15. The molecule has 2 aromatic rings. The summed E-state index contributed by atoms with van der Waals surface area (Å²) < 4.78 is 1.86. The number of aromatic nitrogens is 2. The van der Waals surface area contributed by atoms with E-state index < -0.39 is 0 Å². The third kappa shape index (κ3) is 3.36. The van der Waals surface area contributed by atoms with Crippen molar-refractivity contribution in [2.45, 2.75) is 12.3 Å². The molecule has 4 heterocycles. The van der Waals surface area contributed by atoms with Gasteiger partial charge in [-0.05, 0) is 12.1 Å². The van der Waals surface area contributed by atoms with Crippen molar-refractivity contribution in [1.29, 1.82) is 0 Å². The minimum Gasteiger partial charge on any atom is -0.618 e. The molecule has 2 atom stereocenters. The molecule has 0 aliphatic carbocycles. The van der Waals surface area contributed by atoms with E-state index in [1.807, 2.05) is 24.3 Å². The molecule has 0 aromatic carbocycles. The fourth-order valence-electron chi connectivity index (χ4n) is 3.83. The smallest absolute Gasteiger partial charge is 0.224 e. The molecular weight excluding hydrogens is 332 g/mol. The van der Waals surface area contributed by atoms with Crippen LogP contribution in [-0.2, 0) is 0 Å². The van der Waals surface area contributed by atoms with E-state index in [1.54, 1.807) is 12.1 Å². The molecule has 0 spiro atoms. The van der Waals surface area contributed by atoms with Crippen LogP contribution in [0.3, 0.4) is 0 Å². The summed E-state index contributed by atoms with van der Waals surface area (Å²) in [6, 6.07) is 11.0. The number of rotatable bonds is 5. The lowest BCUT2D eigenvalue weighted by Crippen LogP contribution is -2.44. The molecule has 0 radical (unpaired) electrons. The number of nitrogens with one attached hydrogen (secondary N) is 2. The molecule has 26 heavy (non-hydrogen) atoms. The molecule has 2 N–H and O–H groups in total. The summed E-state index contributed by atoms with van der Waals surface area (Å²) in [6.45, 7) is 5.19. The maximum Gasteiger partial charge on any atom is 0.224 e. The highest BCUT2D eigenvalue weighted by Crippen LogP contribution is 2.21. The van der Waals surface area contributed by atoms with Crippen molar-refractivity contribution < 1.29 is 9.46 Å². The molecule has 0 bridgehead atoms. The second kappa shape index (κ2) is 7.55. The van der Waals surface area contributed by atoms with E-state index in [0.717, 1.165) is 60.1 Å². The van der Waals surface area contributed by atoms with E-state index >= 15 is 0 Å². The van der Waals surface area contributed by atoms with E-state index in [2.05, 4.69) is 20.4 Å². The van der Waals surface area contributed by atoms with E-state index in [0.29, 0.717) is 0 Å². The molecule has 2 fully saturated rings. The quantitative estimate of drug-likeness (QED) is 0.553. The molecule has 8 heteroatoms. The number of hydrogen-bond acceptors (Lipinski definition) is 6. The van der Waals surface area contributed by atoms with Gasteiger partial charge in [-0.15, -0.1) is 0 Å². The van der Waals surface area contributed by atoms with Gasteiger partial charge in [-0.1, -0.05) is 0 Å². The van der Waals surface area contributed by atoms with Gasteiger partial charge < -0.3 is 10.4 Å². The van der Waals surface area contributed by atoms with Crippen molar-refractivity contribution in [3.05, 3.63) is 70.6 Å². The van der Waals surface area contributed by atoms with Crippen LogP contribution in [0, 0.1) is 10.4 Å². The maximum absolute atomic E-state index is 12.1. The summed E-state index contributed by atoms with van der Waals surface area (Å²) in [7, 11) is 0. The summed E-state index contributed by atoms with van der Waals surface area (Å²) in [4.78, 5) is 4.57. The van der Waals surface area contributed by atoms with Crippen molar-refractivity contribution >= 4 is 0 Å². The Morgan fingerprint density at radius 3 is 1.69 bits per heavy atom. The molecule has 2 aliphatic heterocycles. The van der Waals surface area contributed by atoms with Crippen LogP contribution in [0.1, 0.15) is 23.7 Å². The first-order chi connectivity index (χ1) is 12.7. The molecule has 4 rings (SSSR count). The van der Waals surface area contributed by atoms with Gasteiger partial charge in [-0.25, -0.2) is 0 Å². The molecule has 0 saturated carbocycles. The lowest BCUT2D eigenvalue weighted by atomic mass is 10.2. The Morgan fingerprint density at radius 2 is 1.27 bits per heavy atom. The second-order valence-electron chi connectivity index (χ2n) is 6.69. The average Bonchev–Trinajstić information content (AvgIpc) is 3.30. The van der Waals surface area contributed by atoms with Crippen LogP contribution >= 0.6 is 0 Å². The summed E-state index contributed by atoms with van der Waals surface area (Å²) in [5, 5.41) is 31.0. The average molecular weight is 356 g/mol. The van der Waals surface area contributed by atoms with Gasteiger partial charge in [0.2, 0.25) is 11.4 Å². The Kier molecular flexibility index (Phi) is 4.98. The predicted molar refractivity (Wildman–Crippen MR) is 95.4 cm³/mol. The van der Waals surface area contributed by atoms with Gasteiger partial charge in [-0.2, -0.15) is 9.46 Å². The first kappa shape index (κ1) is 17.2. The van der Waals surface area contributed by atoms with Crippen LogP contribution in [0.5, 0.6) is 0 Å². The van der Waals surface area contributed by atoms with E-state index in [1.165, 1.54) is 12.4 Å². The molecule has 2 aromatic heterocycles. The van der Waals surface area contributed by atoms with Crippen molar-refractivity contribution in [3.8, 4) is 0 Å². The van der Waals surface area contributed by atoms with Gasteiger partial charge >= 0.3 is 0 Å². The fourth-order valence-corrected chi connectivity index (χ4v) is 3.83. The molecular formula is C18H24N6O2. The van der Waals surface area contributed by atoms with Gasteiger partial charge in [0.1, 0.15) is 12.3 Å². The summed E-state index contributed by atoms with van der Waals surface area (Å²) >= 11 is 0. The topological polar surface area (TPSA) is 84.4 Å². The predicted octanol–water partition coefficient (Wildman–Crippen LogP) is -0.539.